The van der Waals surface area contributed by atoms with Crippen molar-refractivity contribution in [3.63, 3.8) is 0 Å². The van der Waals surface area contributed by atoms with Crippen molar-refractivity contribution in [1.82, 2.24) is 29.5 Å². The summed E-state index contributed by atoms with van der Waals surface area (Å²) in [4.78, 5) is 15.3. The number of thiazole rings is 1. The van der Waals surface area contributed by atoms with Gasteiger partial charge in [-0.2, -0.15) is 5.10 Å². The molecule has 8 nitrogen and oxygen atoms in total. The van der Waals surface area contributed by atoms with Crippen LogP contribution >= 0.6 is 11.3 Å². The van der Waals surface area contributed by atoms with E-state index < -0.39 is 0 Å². The van der Waals surface area contributed by atoms with Crippen LogP contribution < -0.4 is 10.6 Å². The molecule has 1 aromatic carbocycles. The highest BCUT2D eigenvalue weighted by Crippen LogP contribution is 2.34. The van der Waals surface area contributed by atoms with Gasteiger partial charge in [0, 0.05) is 36.6 Å². The zero-order valence-electron chi connectivity index (χ0n) is 17.7. The van der Waals surface area contributed by atoms with Crippen LogP contribution in [0.5, 0.6) is 0 Å². The van der Waals surface area contributed by atoms with Crippen molar-refractivity contribution in [2.75, 3.05) is 17.7 Å². The second kappa shape index (κ2) is 7.51. The summed E-state index contributed by atoms with van der Waals surface area (Å²) < 4.78 is 1.94. The van der Waals surface area contributed by atoms with Gasteiger partial charge in [-0.25, -0.2) is 15.0 Å². The van der Waals surface area contributed by atoms with E-state index in [-0.39, 0.29) is 0 Å². The molecule has 0 spiro atoms. The average molecular weight is 431 g/mol. The summed E-state index contributed by atoms with van der Waals surface area (Å²) in [6.45, 7) is 5.97. The van der Waals surface area contributed by atoms with Crippen molar-refractivity contribution < 1.29 is 0 Å². The maximum absolute atomic E-state index is 4.90. The van der Waals surface area contributed by atoms with Gasteiger partial charge in [0.1, 0.15) is 5.65 Å². The van der Waals surface area contributed by atoms with Crippen LogP contribution in [0.15, 0.2) is 42.6 Å². The second-order valence-electron chi connectivity index (χ2n) is 7.40. The van der Waals surface area contributed by atoms with Gasteiger partial charge >= 0.3 is 0 Å². The molecule has 0 aliphatic rings. The topological polar surface area (TPSA) is 95.8 Å². The molecule has 4 heterocycles. The quantitative estimate of drug-likeness (QED) is 0.365. The Bertz CT molecular complexity index is 1390. The Morgan fingerprint density at radius 2 is 1.84 bits per heavy atom. The highest BCUT2D eigenvalue weighted by Gasteiger charge is 2.14. The number of aryl methyl sites for hydroxylation is 3. The fourth-order valence-corrected chi connectivity index (χ4v) is 4.45. The summed E-state index contributed by atoms with van der Waals surface area (Å²) in [5.41, 5.74) is 6.71. The Kier molecular flexibility index (Phi) is 4.67. The normalized spacial score (nSPS) is 11.2. The third kappa shape index (κ3) is 3.64. The van der Waals surface area contributed by atoms with Crippen LogP contribution in [0.4, 0.5) is 16.9 Å². The average Bonchev–Trinajstić information content (AvgIpc) is 3.45. The largest absolute Gasteiger partial charge is 0.365 e. The standard InChI is InChI=1S/C22H22N8S/c1-12-8-18(29-28-12)27-21-26-17(10-19-24-13(2)11-30(19)21)15-6-5-7-16(9-15)20-14(3)25-22(23-4)31-20/h5-11H,1-4H3,(H,23,25)(H2,26,27,28,29). The van der Waals surface area contributed by atoms with Gasteiger partial charge in [0.2, 0.25) is 5.95 Å². The molecule has 156 valence electrons. The van der Waals surface area contributed by atoms with E-state index in [0.29, 0.717) is 11.8 Å². The van der Waals surface area contributed by atoms with Crippen molar-refractivity contribution in [3.05, 3.63) is 59.7 Å². The lowest BCUT2D eigenvalue weighted by Gasteiger charge is -2.10. The smallest absolute Gasteiger partial charge is 0.215 e. The first-order chi connectivity index (χ1) is 15.0. The molecule has 0 unspecified atom stereocenters. The predicted octanol–water partition coefficient (Wildman–Crippen LogP) is 4.95. The molecule has 5 rings (SSSR count). The summed E-state index contributed by atoms with van der Waals surface area (Å²) in [6.07, 6.45) is 1.96. The number of nitrogens with one attached hydrogen (secondary N) is 3. The van der Waals surface area contributed by atoms with E-state index in [1.165, 1.54) is 0 Å². The minimum Gasteiger partial charge on any atom is -0.365 e. The van der Waals surface area contributed by atoms with E-state index in [1.807, 2.05) is 50.5 Å². The van der Waals surface area contributed by atoms with Gasteiger partial charge in [0.15, 0.2) is 10.9 Å². The number of imidazole rings is 1. The second-order valence-corrected chi connectivity index (χ2v) is 8.40. The van der Waals surface area contributed by atoms with Gasteiger partial charge in [-0.1, -0.05) is 29.5 Å². The first kappa shape index (κ1) is 19.3. The van der Waals surface area contributed by atoms with E-state index in [2.05, 4.69) is 55.1 Å². The number of rotatable bonds is 5. The summed E-state index contributed by atoms with van der Waals surface area (Å²) in [5, 5.41) is 14.6. The lowest BCUT2D eigenvalue weighted by molar-refractivity contribution is 1.03. The van der Waals surface area contributed by atoms with Crippen molar-refractivity contribution in [3.8, 4) is 21.7 Å². The molecule has 0 radical (unpaired) electrons. The molecule has 0 fully saturated rings. The van der Waals surface area contributed by atoms with Crippen molar-refractivity contribution in [2.24, 2.45) is 0 Å². The Hall–Kier alpha value is -3.72. The third-order valence-corrected chi connectivity index (χ3v) is 6.17. The highest BCUT2D eigenvalue weighted by molar-refractivity contribution is 7.19. The van der Waals surface area contributed by atoms with Crippen LogP contribution in [0, 0.1) is 20.8 Å². The zero-order chi connectivity index (χ0) is 21.5. The number of hydrogen-bond donors (Lipinski definition) is 3. The van der Waals surface area contributed by atoms with E-state index in [0.717, 1.165) is 49.6 Å². The first-order valence-electron chi connectivity index (χ1n) is 9.92. The molecule has 0 atom stereocenters. The number of H-pyrrole nitrogens is 1. The monoisotopic (exact) mass is 430 g/mol. The fourth-order valence-electron chi connectivity index (χ4n) is 3.53. The van der Waals surface area contributed by atoms with E-state index in [9.17, 15) is 0 Å². The van der Waals surface area contributed by atoms with Gasteiger partial charge in [0.25, 0.3) is 0 Å². The number of fused-ring (bicyclic) bond motifs is 1. The van der Waals surface area contributed by atoms with Crippen LogP contribution in [-0.4, -0.2) is 36.6 Å². The highest BCUT2D eigenvalue weighted by atomic mass is 32.1. The number of aromatic amines is 1. The lowest BCUT2D eigenvalue weighted by atomic mass is 10.1. The Labute approximate surface area is 183 Å². The Morgan fingerprint density at radius 1 is 1.00 bits per heavy atom. The molecular formula is C22H22N8S. The summed E-state index contributed by atoms with van der Waals surface area (Å²) in [5.74, 6) is 1.37. The fraction of sp³-hybridized carbons (Fsp3) is 0.182. The van der Waals surface area contributed by atoms with Gasteiger partial charge in [0.05, 0.1) is 22.0 Å². The summed E-state index contributed by atoms with van der Waals surface area (Å²) >= 11 is 1.65. The van der Waals surface area contributed by atoms with E-state index in [4.69, 9.17) is 4.98 Å². The molecule has 0 bridgehead atoms. The van der Waals surface area contributed by atoms with Crippen LogP contribution in [0.3, 0.4) is 0 Å². The van der Waals surface area contributed by atoms with Crippen molar-refractivity contribution in [1.29, 1.82) is 0 Å². The van der Waals surface area contributed by atoms with Gasteiger partial charge in [-0.15, -0.1) is 0 Å². The molecule has 5 aromatic rings. The molecule has 3 N–H and O–H groups in total. The summed E-state index contributed by atoms with van der Waals surface area (Å²) in [6, 6.07) is 12.3. The molecule has 0 amide bonds. The maximum atomic E-state index is 4.90. The Balaban J connectivity index is 1.61. The number of aromatic nitrogens is 6. The number of hydrogen-bond acceptors (Lipinski definition) is 7. The number of benzene rings is 1. The number of nitrogens with zero attached hydrogens (tertiary/aromatic N) is 5. The third-order valence-electron chi connectivity index (χ3n) is 4.95. The van der Waals surface area contributed by atoms with Gasteiger partial charge in [-0.05, 0) is 32.4 Å². The maximum Gasteiger partial charge on any atom is 0.215 e. The van der Waals surface area contributed by atoms with Gasteiger partial charge < -0.3 is 10.6 Å². The van der Waals surface area contributed by atoms with Crippen LogP contribution in [0.2, 0.25) is 0 Å². The molecule has 0 saturated carbocycles. The molecule has 9 heteroatoms. The molecule has 31 heavy (non-hydrogen) atoms. The van der Waals surface area contributed by atoms with Gasteiger partial charge in [-0.3, -0.25) is 9.50 Å². The first-order valence-corrected chi connectivity index (χ1v) is 10.7. The van der Waals surface area contributed by atoms with Crippen LogP contribution in [-0.2, 0) is 0 Å². The molecule has 0 aliphatic heterocycles. The van der Waals surface area contributed by atoms with E-state index in [1.54, 1.807) is 11.3 Å². The van der Waals surface area contributed by atoms with Crippen LogP contribution in [0.25, 0.3) is 27.3 Å². The van der Waals surface area contributed by atoms with Crippen molar-refractivity contribution in [2.45, 2.75) is 20.8 Å². The van der Waals surface area contributed by atoms with E-state index >= 15 is 0 Å². The SMILES string of the molecule is CNc1nc(C)c(-c2cccc(-c3cc4nc(C)cn4c(Nc4cc(C)[nH]n4)n3)c2)s1. The molecule has 0 saturated heterocycles. The van der Waals surface area contributed by atoms with Crippen LogP contribution in [0.1, 0.15) is 17.1 Å². The zero-order valence-corrected chi connectivity index (χ0v) is 18.5. The number of anilines is 3. The lowest BCUT2D eigenvalue weighted by Crippen LogP contribution is -2.02. The molecule has 4 aromatic heterocycles. The minimum atomic E-state index is 0.663. The van der Waals surface area contributed by atoms with Crippen molar-refractivity contribution >= 4 is 33.9 Å². The Morgan fingerprint density at radius 3 is 2.58 bits per heavy atom. The minimum absolute atomic E-state index is 0.663. The predicted molar refractivity (Wildman–Crippen MR) is 125 cm³/mol. The summed E-state index contributed by atoms with van der Waals surface area (Å²) in [7, 11) is 1.89. The molecular weight excluding hydrogens is 408 g/mol. The molecule has 0 aliphatic carbocycles.